The lowest BCUT2D eigenvalue weighted by Crippen LogP contribution is -2.24. The fraction of sp³-hybridized carbons (Fsp3) is 1.00. The molecule has 1 atom stereocenters. The van der Waals surface area contributed by atoms with E-state index in [1.165, 1.54) is 13.1 Å². The van der Waals surface area contributed by atoms with Gasteiger partial charge in [-0.05, 0) is 12.5 Å². The molecule has 10 heavy (non-hydrogen) atoms. The standard InChI is InChI=1S/C5H13N2PS2/c1-9-6-3-4-7(10-2)5(6)8/h5H,3-4,8H2,1-2H3. The van der Waals surface area contributed by atoms with Crippen LogP contribution in [0.25, 0.3) is 0 Å². The Morgan fingerprint density at radius 3 is 1.80 bits per heavy atom. The largest absolute Gasteiger partial charge is 0.228 e. The third kappa shape index (κ3) is 1.80. The normalized spacial score (nSPS) is 24.3. The van der Waals surface area contributed by atoms with Crippen LogP contribution in [-0.2, 0) is 0 Å². The van der Waals surface area contributed by atoms with E-state index in [2.05, 4.69) is 30.4 Å². The van der Waals surface area contributed by atoms with Crippen LogP contribution in [0, 0.1) is 0 Å². The lowest BCUT2D eigenvalue weighted by molar-refractivity contribution is 0.449. The van der Waals surface area contributed by atoms with Crippen molar-refractivity contribution in [1.29, 1.82) is 0 Å². The van der Waals surface area contributed by atoms with Crippen LogP contribution in [0.2, 0.25) is 0 Å². The average molecular weight is 196 g/mol. The van der Waals surface area contributed by atoms with E-state index in [1.807, 2.05) is 23.9 Å². The highest BCUT2D eigenvalue weighted by molar-refractivity contribution is 7.97. The molecule has 0 aliphatic carbocycles. The van der Waals surface area contributed by atoms with E-state index in [1.54, 1.807) is 0 Å². The van der Waals surface area contributed by atoms with E-state index in [-0.39, 0.29) is 0 Å². The molecule has 1 rings (SSSR count). The van der Waals surface area contributed by atoms with Gasteiger partial charge in [0.25, 0.3) is 0 Å². The second-order valence-electron chi connectivity index (χ2n) is 2.06. The van der Waals surface area contributed by atoms with Crippen LogP contribution in [0.1, 0.15) is 0 Å². The van der Waals surface area contributed by atoms with Gasteiger partial charge in [0.15, 0.2) is 0 Å². The second-order valence-corrected chi connectivity index (χ2v) is 4.32. The monoisotopic (exact) mass is 196 g/mol. The van der Waals surface area contributed by atoms with Gasteiger partial charge in [-0.15, -0.1) is 9.24 Å². The Hall–Kier alpha value is 1.05. The zero-order valence-corrected chi connectivity index (χ0v) is 9.07. The topological polar surface area (TPSA) is 6.48 Å². The van der Waals surface area contributed by atoms with Gasteiger partial charge >= 0.3 is 0 Å². The molecule has 1 heterocycles. The van der Waals surface area contributed by atoms with Crippen LogP contribution < -0.4 is 0 Å². The van der Waals surface area contributed by atoms with Crippen LogP contribution in [0.5, 0.6) is 0 Å². The molecule has 0 aromatic carbocycles. The maximum Gasteiger partial charge on any atom is 0.0953 e. The van der Waals surface area contributed by atoms with Gasteiger partial charge in [-0.25, -0.2) is 8.61 Å². The second kappa shape index (κ2) is 4.17. The summed E-state index contributed by atoms with van der Waals surface area (Å²) in [6.45, 7) is 2.35. The lowest BCUT2D eigenvalue weighted by Gasteiger charge is -2.22. The van der Waals surface area contributed by atoms with E-state index < -0.39 is 0 Å². The summed E-state index contributed by atoms with van der Waals surface area (Å²) in [6, 6.07) is 0. The zero-order chi connectivity index (χ0) is 7.56. The summed E-state index contributed by atoms with van der Waals surface area (Å²) in [6.07, 6.45) is 4.25. The zero-order valence-electron chi connectivity index (χ0n) is 6.28. The van der Waals surface area contributed by atoms with Crippen LogP contribution in [-0.4, -0.2) is 40.1 Å². The maximum atomic E-state index is 2.85. The molecule has 0 aromatic rings. The van der Waals surface area contributed by atoms with Gasteiger partial charge in [0, 0.05) is 13.1 Å². The van der Waals surface area contributed by atoms with Gasteiger partial charge in [-0.2, -0.15) is 0 Å². The number of hydrogen-bond acceptors (Lipinski definition) is 4. The van der Waals surface area contributed by atoms with Crippen LogP contribution in [0.4, 0.5) is 0 Å². The predicted molar refractivity (Wildman–Crippen MR) is 53.9 cm³/mol. The summed E-state index contributed by atoms with van der Waals surface area (Å²) >= 11 is 3.63. The van der Waals surface area contributed by atoms with E-state index in [9.17, 15) is 0 Å². The van der Waals surface area contributed by atoms with Crippen LogP contribution in [0.3, 0.4) is 0 Å². The highest BCUT2D eigenvalue weighted by Gasteiger charge is 2.26. The Morgan fingerprint density at radius 2 is 1.60 bits per heavy atom. The van der Waals surface area contributed by atoms with Crippen molar-refractivity contribution in [2.75, 3.05) is 25.6 Å². The molecular formula is C5H13N2PS2. The highest BCUT2D eigenvalue weighted by atomic mass is 32.2. The van der Waals surface area contributed by atoms with Crippen molar-refractivity contribution < 1.29 is 0 Å². The molecule has 1 unspecified atom stereocenters. The maximum absolute atomic E-state index is 2.85. The first-order chi connectivity index (χ1) is 4.79. The third-order valence-corrected chi connectivity index (χ3v) is 4.49. The van der Waals surface area contributed by atoms with Crippen molar-refractivity contribution in [2.45, 2.75) is 5.91 Å². The molecule has 1 aliphatic rings. The molecule has 0 aromatic heterocycles. The van der Waals surface area contributed by atoms with Crippen molar-refractivity contribution >= 4 is 33.1 Å². The summed E-state index contributed by atoms with van der Waals surface area (Å²) in [5.41, 5.74) is 0. The summed E-state index contributed by atoms with van der Waals surface area (Å²) in [5.74, 6) is 0.519. The first-order valence-electron chi connectivity index (χ1n) is 3.16. The number of hydrogen-bond donors (Lipinski definition) is 0. The Kier molecular flexibility index (Phi) is 3.81. The molecule has 0 spiro atoms. The van der Waals surface area contributed by atoms with E-state index in [0.717, 1.165) is 0 Å². The smallest absolute Gasteiger partial charge is 0.0953 e. The van der Waals surface area contributed by atoms with Gasteiger partial charge in [-0.1, -0.05) is 23.9 Å². The Balaban J connectivity index is 2.41. The minimum Gasteiger partial charge on any atom is -0.228 e. The highest BCUT2D eigenvalue weighted by Crippen LogP contribution is 2.29. The van der Waals surface area contributed by atoms with Crippen molar-refractivity contribution in [3.05, 3.63) is 0 Å². The first-order valence-corrected chi connectivity index (χ1v) is 6.19. The molecule has 0 radical (unpaired) electrons. The summed E-state index contributed by atoms with van der Waals surface area (Å²) < 4.78 is 4.72. The van der Waals surface area contributed by atoms with Gasteiger partial charge in [0.2, 0.25) is 0 Å². The third-order valence-electron chi connectivity index (χ3n) is 1.60. The van der Waals surface area contributed by atoms with Crippen molar-refractivity contribution in [3.63, 3.8) is 0 Å². The molecule has 1 fully saturated rings. The van der Waals surface area contributed by atoms with E-state index in [0.29, 0.717) is 5.91 Å². The van der Waals surface area contributed by atoms with Crippen molar-refractivity contribution in [1.82, 2.24) is 8.61 Å². The summed E-state index contributed by atoms with van der Waals surface area (Å²) in [5, 5.41) is 0. The SMILES string of the molecule is CSN1CCN(SC)C1P. The Labute approximate surface area is 73.6 Å². The number of rotatable bonds is 2. The average Bonchev–Trinajstić information content (AvgIpc) is 2.30. The van der Waals surface area contributed by atoms with Gasteiger partial charge < -0.3 is 0 Å². The molecule has 1 saturated heterocycles. The van der Waals surface area contributed by atoms with E-state index in [4.69, 9.17) is 0 Å². The van der Waals surface area contributed by atoms with Crippen molar-refractivity contribution in [3.8, 4) is 0 Å². The van der Waals surface area contributed by atoms with Crippen molar-refractivity contribution in [2.24, 2.45) is 0 Å². The molecule has 0 bridgehead atoms. The first kappa shape index (κ1) is 9.14. The van der Waals surface area contributed by atoms with Crippen LogP contribution in [0.15, 0.2) is 0 Å². The molecule has 2 nitrogen and oxygen atoms in total. The fourth-order valence-electron chi connectivity index (χ4n) is 1.00. The molecule has 0 N–H and O–H groups in total. The number of nitrogens with zero attached hydrogens (tertiary/aromatic N) is 2. The minimum absolute atomic E-state index is 0.519. The molecule has 5 heteroatoms. The Bertz CT molecular complexity index is 102. The molecule has 0 saturated carbocycles. The quantitative estimate of drug-likeness (QED) is 0.485. The predicted octanol–water partition coefficient (Wildman–Crippen LogP) is 1.32. The minimum atomic E-state index is 0.519. The molecule has 60 valence electrons. The molecule has 1 aliphatic heterocycles. The lowest BCUT2D eigenvalue weighted by atomic mass is 10.7. The summed E-state index contributed by atoms with van der Waals surface area (Å²) in [7, 11) is 2.85. The van der Waals surface area contributed by atoms with Gasteiger partial charge in [-0.3, -0.25) is 0 Å². The van der Waals surface area contributed by atoms with Gasteiger partial charge in [0.1, 0.15) is 0 Å². The fourth-order valence-corrected chi connectivity index (χ4v) is 3.28. The Morgan fingerprint density at radius 1 is 1.20 bits per heavy atom. The van der Waals surface area contributed by atoms with E-state index >= 15 is 0 Å². The molecular weight excluding hydrogens is 183 g/mol. The van der Waals surface area contributed by atoms with Gasteiger partial charge in [0.05, 0.1) is 5.91 Å². The van der Waals surface area contributed by atoms with Crippen LogP contribution >= 0.6 is 33.1 Å². The molecule has 0 amide bonds. The summed E-state index contributed by atoms with van der Waals surface area (Å²) in [4.78, 5) is 0.